The highest BCUT2D eigenvalue weighted by Gasteiger charge is 2.36. The molecule has 0 aliphatic carbocycles. The molecule has 6 heterocycles. The van der Waals surface area contributed by atoms with Crippen molar-refractivity contribution >= 4 is 33.3 Å². The summed E-state index contributed by atoms with van der Waals surface area (Å²) >= 11 is 1.76. The minimum absolute atomic E-state index is 0.620. The number of nitrogens with one attached hydrogen (secondary N) is 1. The first-order valence-electron chi connectivity index (χ1n) is 9.49. The van der Waals surface area contributed by atoms with E-state index in [1.54, 1.807) is 11.3 Å². The van der Waals surface area contributed by atoms with E-state index in [4.69, 9.17) is 9.40 Å². The van der Waals surface area contributed by atoms with Crippen molar-refractivity contribution in [3.63, 3.8) is 0 Å². The highest BCUT2D eigenvalue weighted by atomic mass is 32.1. The monoisotopic (exact) mass is 363 g/mol. The fourth-order valence-corrected chi connectivity index (χ4v) is 5.62. The summed E-state index contributed by atoms with van der Waals surface area (Å²) in [6.45, 7) is 3.73. The van der Waals surface area contributed by atoms with Crippen LogP contribution in [0.5, 0.6) is 0 Å². The van der Waals surface area contributed by atoms with E-state index in [-0.39, 0.29) is 0 Å². The number of hydrogen-bond acceptors (Lipinski definition) is 4. The Kier molecular flexibility index (Phi) is 3.28. The first-order valence-corrected chi connectivity index (χ1v) is 10.4. The number of oxazole rings is 1. The highest BCUT2D eigenvalue weighted by Crippen LogP contribution is 2.42. The molecule has 3 aromatic heterocycles. The second kappa shape index (κ2) is 5.69. The van der Waals surface area contributed by atoms with E-state index in [1.807, 2.05) is 0 Å². The van der Waals surface area contributed by atoms with Crippen LogP contribution in [-0.2, 0) is 6.42 Å². The lowest BCUT2D eigenvalue weighted by molar-refractivity contribution is 0.0877. The van der Waals surface area contributed by atoms with E-state index in [0.29, 0.717) is 5.92 Å². The smallest absolute Gasteiger partial charge is 0.200 e. The third kappa shape index (κ3) is 2.27. The largest absolute Gasteiger partial charge is 0.440 e. The minimum atomic E-state index is 0.620. The predicted octanol–water partition coefficient (Wildman–Crippen LogP) is 4.77. The van der Waals surface area contributed by atoms with E-state index in [1.165, 1.54) is 53.8 Å². The molecule has 3 fully saturated rings. The first-order chi connectivity index (χ1) is 12.8. The Morgan fingerprint density at radius 3 is 2.92 bits per heavy atom. The maximum absolute atomic E-state index is 6.09. The Morgan fingerprint density at radius 1 is 1.23 bits per heavy atom. The van der Waals surface area contributed by atoms with Gasteiger partial charge in [-0.1, -0.05) is 6.07 Å². The Hall–Kier alpha value is -2.11. The zero-order chi connectivity index (χ0) is 17.1. The number of rotatable bonds is 3. The van der Waals surface area contributed by atoms with Crippen molar-refractivity contribution in [2.75, 3.05) is 19.6 Å². The number of benzene rings is 1. The topological polar surface area (TPSA) is 45.1 Å². The van der Waals surface area contributed by atoms with Crippen molar-refractivity contribution in [3.05, 3.63) is 52.2 Å². The highest BCUT2D eigenvalue weighted by molar-refractivity contribution is 7.09. The van der Waals surface area contributed by atoms with Gasteiger partial charge < -0.3 is 14.3 Å². The van der Waals surface area contributed by atoms with Crippen LogP contribution in [0.3, 0.4) is 0 Å². The molecule has 0 saturated carbocycles. The van der Waals surface area contributed by atoms with E-state index in [9.17, 15) is 0 Å². The lowest BCUT2D eigenvalue weighted by Gasteiger charge is -2.44. The van der Waals surface area contributed by atoms with Crippen molar-refractivity contribution in [1.82, 2.24) is 14.9 Å². The fraction of sp³-hybridized carbons (Fsp3) is 0.381. The van der Waals surface area contributed by atoms with Crippen LogP contribution in [0.15, 0.2) is 40.3 Å². The van der Waals surface area contributed by atoms with Gasteiger partial charge in [0.15, 0.2) is 5.58 Å². The van der Waals surface area contributed by atoms with E-state index in [2.05, 4.69) is 45.7 Å². The molecule has 3 saturated heterocycles. The molecule has 0 amide bonds. The molecule has 4 aromatic rings. The third-order valence-corrected chi connectivity index (χ3v) is 7.11. The standard InChI is InChI=1S/C21H21N3OS/c1-2-14(26-9-1)10-19-23-21-18(25-19)4-3-17-20(21)15(11-22-17)16-12-24-7-5-13(16)6-8-24/h1-4,9,11,13,16,22H,5-8,10,12H2. The number of nitrogens with zero attached hydrogens (tertiary/aromatic N) is 2. The number of fused-ring (bicyclic) bond motifs is 6. The second-order valence-electron chi connectivity index (χ2n) is 7.69. The van der Waals surface area contributed by atoms with Crippen LogP contribution in [0.1, 0.15) is 35.1 Å². The Bertz CT molecular complexity index is 1070. The Labute approximate surface area is 155 Å². The van der Waals surface area contributed by atoms with Crippen molar-refractivity contribution < 1.29 is 4.42 Å². The molecule has 7 rings (SSSR count). The normalized spacial score (nSPS) is 25.5. The Balaban J connectivity index is 1.47. The number of hydrogen-bond donors (Lipinski definition) is 1. The van der Waals surface area contributed by atoms with Gasteiger partial charge in [-0.05, 0) is 61.0 Å². The minimum Gasteiger partial charge on any atom is -0.440 e. The average molecular weight is 363 g/mol. The fourth-order valence-electron chi connectivity index (χ4n) is 4.93. The van der Waals surface area contributed by atoms with Crippen LogP contribution in [-0.4, -0.2) is 34.5 Å². The SMILES string of the molecule is c1csc(Cc2nc3c(ccc4[nH]cc(C5CN6CCC5CC6)c43)o2)c1. The molecule has 2 bridgehead atoms. The summed E-state index contributed by atoms with van der Waals surface area (Å²) < 4.78 is 6.09. The zero-order valence-corrected chi connectivity index (χ0v) is 15.4. The molecule has 1 aromatic carbocycles. The predicted molar refractivity (Wildman–Crippen MR) is 105 cm³/mol. The molecule has 3 aliphatic heterocycles. The van der Waals surface area contributed by atoms with Gasteiger partial charge in [-0.2, -0.15) is 0 Å². The lowest BCUT2D eigenvalue weighted by Crippen LogP contribution is -2.46. The molecular formula is C21H21N3OS. The van der Waals surface area contributed by atoms with Gasteiger partial charge in [0.25, 0.3) is 0 Å². The molecule has 26 heavy (non-hydrogen) atoms. The van der Waals surface area contributed by atoms with Crippen LogP contribution >= 0.6 is 11.3 Å². The van der Waals surface area contributed by atoms with Gasteiger partial charge in [0.1, 0.15) is 5.52 Å². The van der Waals surface area contributed by atoms with Crippen LogP contribution in [0.25, 0.3) is 22.0 Å². The number of aromatic nitrogens is 2. The summed E-state index contributed by atoms with van der Waals surface area (Å²) in [6.07, 6.45) is 5.66. The molecule has 1 unspecified atom stereocenters. The average Bonchev–Trinajstić information content (AvgIpc) is 3.41. The van der Waals surface area contributed by atoms with Gasteiger partial charge in [-0.15, -0.1) is 11.3 Å². The van der Waals surface area contributed by atoms with Crippen LogP contribution in [0, 0.1) is 5.92 Å². The summed E-state index contributed by atoms with van der Waals surface area (Å²) in [5, 5.41) is 3.39. The third-order valence-electron chi connectivity index (χ3n) is 6.24. The number of piperidine rings is 3. The first kappa shape index (κ1) is 15.0. The second-order valence-corrected chi connectivity index (χ2v) is 8.72. The summed E-state index contributed by atoms with van der Waals surface area (Å²) in [7, 11) is 0. The molecule has 3 aliphatic rings. The van der Waals surface area contributed by atoms with Crippen molar-refractivity contribution in [1.29, 1.82) is 0 Å². The van der Waals surface area contributed by atoms with Crippen LogP contribution in [0.4, 0.5) is 0 Å². The summed E-state index contributed by atoms with van der Waals surface area (Å²) in [5.41, 5.74) is 4.56. The van der Waals surface area contributed by atoms with Gasteiger partial charge in [0.2, 0.25) is 5.89 Å². The molecule has 132 valence electrons. The maximum atomic E-state index is 6.09. The van der Waals surface area contributed by atoms with Gasteiger partial charge in [-0.25, -0.2) is 4.98 Å². The number of thiophene rings is 1. The van der Waals surface area contributed by atoms with Gasteiger partial charge in [0, 0.05) is 34.4 Å². The number of H-pyrrole nitrogens is 1. The van der Waals surface area contributed by atoms with Crippen LogP contribution in [0.2, 0.25) is 0 Å². The van der Waals surface area contributed by atoms with Crippen molar-refractivity contribution in [2.24, 2.45) is 5.92 Å². The van der Waals surface area contributed by atoms with Gasteiger partial charge in [-0.3, -0.25) is 0 Å². The Morgan fingerprint density at radius 2 is 2.15 bits per heavy atom. The molecule has 1 atom stereocenters. The molecule has 0 radical (unpaired) electrons. The number of aromatic amines is 1. The lowest BCUT2D eigenvalue weighted by atomic mass is 9.75. The van der Waals surface area contributed by atoms with Gasteiger partial charge >= 0.3 is 0 Å². The molecular weight excluding hydrogens is 342 g/mol. The summed E-state index contributed by atoms with van der Waals surface area (Å²) in [4.78, 5) is 12.3. The van der Waals surface area contributed by atoms with E-state index in [0.717, 1.165) is 29.3 Å². The summed E-state index contributed by atoms with van der Waals surface area (Å²) in [5.74, 6) is 2.25. The van der Waals surface area contributed by atoms with E-state index >= 15 is 0 Å². The molecule has 1 N–H and O–H groups in total. The summed E-state index contributed by atoms with van der Waals surface area (Å²) in [6, 6.07) is 8.42. The molecule has 5 heteroatoms. The van der Waals surface area contributed by atoms with E-state index < -0.39 is 0 Å². The van der Waals surface area contributed by atoms with Crippen molar-refractivity contribution in [3.8, 4) is 0 Å². The zero-order valence-electron chi connectivity index (χ0n) is 14.6. The quantitative estimate of drug-likeness (QED) is 0.570. The van der Waals surface area contributed by atoms with Crippen LogP contribution < -0.4 is 0 Å². The maximum Gasteiger partial charge on any atom is 0.200 e. The van der Waals surface area contributed by atoms with Crippen molar-refractivity contribution in [2.45, 2.75) is 25.2 Å². The molecule has 0 spiro atoms. The van der Waals surface area contributed by atoms with Gasteiger partial charge in [0.05, 0.1) is 6.42 Å². The molecule has 4 nitrogen and oxygen atoms in total.